The highest BCUT2D eigenvalue weighted by atomic mass is 35.5. The van der Waals surface area contributed by atoms with Crippen molar-refractivity contribution >= 4 is 44.1 Å². The zero-order valence-electron chi connectivity index (χ0n) is 19.8. The SMILES string of the molecule is CNC(=O)c1c2cc(C3CC3)c(N(CCC3CCOC3)S(C)(=O)=O)cc2nn1-c1ccc(Cl)cc1. The molecule has 186 valence electrons. The highest BCUT2D eigenvalue weighted by Crippen LogP contribution is 2.47. The van der Waals surface area contributed by atoms with Gasteiger partial charge in [-0.1, -0.05) is 11.6 Å². The molecule has 1 unspecified atom stereocenters. The maximum Gasteiger partial charge on any atom is 0.270 e. The van der Waals surface area contributed by atoms with Crippen molar-refractivity contribution in [1.82, 2.24) is 15.1 Å². The molecule has 2 aliphatic rings. The van der Waals surface area contributed by atoms with Gasteiger partial charge >= 0.3 is 0 Å². The van der Waals surface area contributed by atoms with E-state index in [9.17, 15) is 13.2 Å². The molecule has 1 atom stereocenters. The molecule has 3 aromatic rings. The molecule has 1 aliphatic carbocycles. The Morgan fingerprint density at radius 1 is 1.23 bits per heavy atom. The predicted molar refractivity (Wildman–Crippen MR) is 137 cm³/mol. The van der Waals surface area contributed by atoms with E-state index in [4.69, 9.17) is 21.4 Å². The normalized spacial score (nSPS) is 18.2. The van der Waals surface area contributed by atoms with Crippen molar-refractivity contribution in [1.29, 1.82) is 0 Å². The van der Waals surface area contributed by atoms with E-state index in [-0.39, 0.29) is 11.8 Å². The van der Waals surface area contributed by atoms with Crippen molar-refractivity contribution in [2.45, 2.75) is 31.6 Å². The first kappa shape index (κ1) is 24.1. The number of carbonyl (C=O) groups is 1. The molecule has 35 heavy (non-hydrogen) atoms. The van der Waals surface area contributed by atoms with Gasteiger partial charge in [-0.3, -0.25) is 9.10 Å². The summed E-state index contributed by atoms with van der Waals surface area (Å²) >= 11 is 6.07. The zero-order valence-corrected chi connectivity index (χ0v) is 21.4. The Bertz CT molecular complexity index is 1360. The number of ether oxygens (including phenoxy) is 1. The van der Waals surface area contributed by atoms with Crippen LogP contribution < -0.4 is 9.62 Å². The van der Waals surface area contributed by atoms with Gasteiger partial charge in [0.05, 0.1) is 23.1 Å². The Balaban J connectivity index is 1.66. The summed E-state index contributed by atoms with van der Waals surface area (Å²) in [7, 11) is -1.94. The third-order valence-corrected chi connectivity index (χ3v) is 8.22. The maximum absolute atomic E-state index is 13.0. The molecule has 0 spiro atoms. The van der Waals surface area contributed by atoms with Crippen molar-refractivity contribution in [3.63, 3.8) is 0 Å². The van der Waals surface area contributed by atoms with Crippen molar-refractivity contribution in [3.05, 3.63) is 52.7 Å². The van der Waals surface area contributed by atoms with Gasteiger partial charge < -0.3 is 10.1 Å². The summed E-state index contributed by atoms with van der Waals surface area (Å²) in [6.07, 6.45) is 4.92. The molecule has 1 saturated carbocycles. The number of benzene rings is 2. The van der Waals surface area contributed by atoms with Crippen LogP contribution in [-0.4, -0.2) is 57.2 Å². The van der Waals surface area contributed by atoms with Gasteiger partial charge in [-0.05, 0) is 79.5 Å². The van der Waals surface area contributed by atoms with Crippen LogP contribution in [0, 0.1) is 5.92 Å². The second kappa shape index (κ2) is 9.44. The minimum Gasteiger partial charge on any atom is -0.381 e. The largest absolute Gasteiger partial charge is 0.381 e. The molecule has 1 aromatic heterocycles. The number of carbonyl (C=O) groups excluding carboxylic acids is 1. The van der Waals surface area contributed by atoms with Crippen LogP contribution in [0.4, 0.5) is 5.69 Å². The fourth-order valence-electron chi connectivity index (χ4n) is 4.76. The van der Waals surface area contributed by atoms with Crippen molar-refractivity contribution in [3.8, 4) is 5.69 Å². The number of sulfonamides is 1. The summed E-state index contributed by atoms with van der Waals surface area (Å²) in [5.41, 5.74) is 3.28. The van der Waals surface area contributed by atoms with Crippen LogP contribution in [0.3, 0.4) is 0 Å². The first-order valence-corrected chi connectivity index (χ1v) is 14.1. The molecule has 2 heterocycles. The van der Waals surface area contributed by atoms with Crippen LogP contribution >= 0.6 is 11.6 Å². The van der Waals surface area contributed by atoms with Gasteiger partial charge in [0.25, 0.3) is 5.91 Å². The first-order valence-electron chi connectivity index (χ1n) is 11.9. The Morgan fingerprint density at radius 2 is 1.97 bits per heavy atom. The summed E-state index contributed by atoms with van der Waals surface area (Å²) in [6.45, 7) is 1.79. The van der Waals surface area contributed by atoms with Gasteiger partial charge in [0.2, 0.25) is 10.0 Å². The number of amides is 1. The smallest absolute Gasteiger partial charge is 0.270 e. The topological polar surface area (TPSA) is 93.5 Å². The van der Waals surface area contributed by atoms with Gasteiger partial charge in [0, 0.05) is 37.2 Å². The highest BCUT2D eigenvalue weighted by molar-refractivity contribution is 7.92. The zero-order chi connectivity index (χ0) is 24.7. The van der Waals surface area contributed by atoms with Crippen molar-refractivity contribution in [2.75, 3.05) is 37.4 Å². The van der Waals surface area contributed by atoms with E-state index in [0.29, 0.717) is 52.1 Å². The number of nitrogens with zero attached hydrogens (tertiary/aromatic N) is 3. The maximum atomic E-state index is 13.0. The fraction of sp³-hybridized carbons (Fsp3) is 0.440. The lowest BCUT2D eigenvalue weighted by Gasteiger charge is -2.26. The van der Waals surface area contributed by atoms with Crippen LogP contribution in [0.5, 0.6) is 0 Å². The molecule has 0 radical (unpaired) electrons. The number of hydrogen-bond donors (Lipinski definition) is 1. The monoisotopic (exact) mass is 516 g/mol. The average molecular weight is 517 g/mol. The Hall–Kier alpha value is -2.62. The van der Waals surface area contributed by atoms with Crippen molar-refractivity contribution < 1.29 is 17.9 Å². The molecule has 8 nitrogen and oxygen atoms in total. The summed E-state index contributed by atoms with van der Waals surface area (Å²) in [6, 6.07) is 10.9. The number of halogens is 1. The molecule has 0 bridgehead atoms. The lowest BCUT2D eigenvalue weighted by atomic mass is 10.0. The van der Waals surface area contributed by atoms with Crippen LogP contribution in [0.25, 0.3) is 16.6 Å². The van der Waals surface area contributed by atoms with E-state index in [1.54, 1.807) is 36.0 Å². The quantitative estimate of drug-likeness (QED) is 0.486. The van der Waals surface area contributed by atoms with Gasteiger partial charge in [-0.15, -0.1) is 0 Å². The molecule has 5 rings (SSSR count). The summed E-state index contributed by atoms with van der Waals surface area (Å²) in [4.78, 5) is 13.0. The van der Waals surface area contributed by atoms with E-state index in [2.05, 4.69) is 5.32 Å². The molecule has 10 heteroatoms. The van der Waals surface area contributed by atoms with E-state index in [0.717, 1.165) is 37.9 Å². The van der Waals surface area contributed by atoms with Gasteiger partial charge in [0.15, 0.2) is 0 Å². The fourth-order valence-corrected chi connectivity index (χ4v) is 5.84. The van der Waals surface area contributed by atoms with E-state index in [1.807, 2.05) is 12.1 Å². The Labute approximate surface area is 210 Å². The second-order valence-corrected chi connectivity index (χ2v) is 11.7. The minimum atomic E-state index is -3.52. The average Bonchev–Trinajstić information content (AvgIpc) is 3.40. The van der Waals surface area contributed by atoms with E-state index in [1.165, 1.54) is 10.6 Å². The van der Waals surface area contributed by atoms with Gasteiger partial charge in [-0.25, -0.2) is 13.1 Å². The highest BCUT2D eigenvalue weighted by Gasteiger charge is 2.33. The van der Waals surface area contributed by atoms with Crippen LogP contribution in [0.1, 0.15) is 47.7 Å². The van der Waals surface area contributed by atoms with Crippen LogP contribution in [0.2, 0.25) is 5.02 Å². The lowest BCUT2D eigenvalue weighted by Crippen LogP contribution is -2.32. The Kier molecular flexibility index (Phi) is 6.50. The number of fused-ring (bicyclic) bond motifs is 1. The number of rotatable bonds is 8. The molecular formula is C25H29ClN4O4S. The van der Waals surface area contributed by atoms with E-state index < -0.39 is 10.0 Å². The van der Waals surface area contributed by atoms with E-state index >= 15 is 0 Å². The molecule has 1 amide bonds. The second-order valence-electron chi connectivity index (χ2n) is 9.37. The van der Waals surface area contributed by atoms with Gasteiger partial charge in [0.1, 0.15) is 5.69 Å². The third kappa shape index (κ3) is 4.90. The third-order valence-electron chi connectivity index (χ3n) is 6.78. The number of nitrogens with one attached hydrogen (secondary N) is 1. The van der Waals surface area contributed by atoms with Crippen LogP contribution in [-0.2, 0) is 14.8 Å². The number of anilines is 1. The first-order chi connectivity index (χ1) is 16.8. The molecule has 2 fully saturated rings. The van der Waals surface area contributed by atoms with Crippen LogP contribution in [0.15, 0.2) is 36.4 Å². The molecular weight excluding hydrogens is 488 g/mol. The lowest BCUT2D eigenvalue weighted by molar-refractivity contribution is 0.0957. The predicted octanol–water partition coefficient (Wildman–Crippen LogP) is 4.11. The summed E-state index contributed by atoms with van der Waals surface area (Å²) < 4.78 is 34.5. The molecule has 1 N–H and O–H groups in total. The van der Waals surface area contributed by atoms with Gasteiger partial charge in [-0.2, -0.15) is 5.10 Å². The summed E-state index contributed by atoms with van der Waals surface area (Å²) in [5.74, 6) is 0.361. The molecule has 1 saturated heterocycles. The molecule has 2 aromatic carbocycles. The number of hydrogen-bond acceptors (Lipinski definition) is 5. The van der Waals surface area contributed by atoms with Crippen molar-refractivity contribution in [2.24, 2.45) is 5.92 Å². The Morgan fingerprint density at radius 3 is 2.57 bits per heavy atom. The summed E-state index contributed by atoms with van der Waals surface area (Å²) in [5, 5.41) is 8.73. The standard InChI is InChI=1S/C25H29ClN4O4S/c1-27-25(31)24-21-13-20(17-3-4-17)23(29(35(2,32)33)11-9-16-10-12-34-15-16)14-22(21)28-30(24)19-7-5-18(26)6-8-19/h5-8,13-14,16-17H,3-4,9-12,15H2,1-2H3,(H,27,31). The molecule has 1 aliphatic heterocycles. The minimum absolute atomic E-state index is 0.266. The number of aromatic nitrogens is 2.